The predicted octanol–water partition coefficient (Wildman–Crippen LogP) is 8.50. The normalized spacial score (nSPS) is 9.64. The molecule has 8 nitrogen and oxygen atoms in total. The van der Waals surface area contributed by atoms with Crippen LogP contribution in [0.1, 0.15) is 56.6 Å². The van der Waals surface area contributed by atoms with Crippen molar-refractivity contribution in [3.63, 3.8) is 0 Å². The van der Waals surface area contributed by atoms with Crippen LogP contribution in [0, 0.1) is 0 Å². The molecule has 47 heavy (non-hydrogen) atoms. The smallest absolute Gasteiger partial charge is 0.255 e. The van der Waals surface area contributed by atoms with Gasteiger partial charge in [0.25, 0.3) is 22.3 Å². The first-order valence-electron chi connectivity index (χ1n) is 14.6. The summed E-state index contributed by atoms with van der Waals surface area (Å²) in [7, 11) is 0. The molecule has 0 atom stereocenters. The minimum atomic E-state index is -0.552. The van der Waals surface area contributed by atoms with Gasteiger partial charge in [-0.2, -0.15) is 0 Å². The molecule has 0 fully saturated rings. The second kappa shape index (κ2) is 20.5. The van der Waals surface area contributed by atoms with Gasteiger partial charge in [-0.15, -0.1) is 0 Å². The van der Waals surface area contributed by atoms with Gasteiger partial charge in [-0.25, -0.2) is 0 Å². The van der Waals surface area contributed by atoms with Gasteiger partial charge in [-0.1, -0.05) is 54.6 Å². The lowest BCUT2D eigenvalue weighted by atomic mass is 10.1. The zero-order valence-electron chi connectivity index (χ0n) is 26.4. The molecule has 0 saturated heterocycles. The first kappa shape index (κ1) is 35.9. The number of hydrogen-bond donors (Lipinski definition) is 3. The summed E-state index contributed by atoms with van der Waals surface area (Å²) in [6.07, 6.45) is 0. The number of nitrogens with two attached hydrogens (primary N) is 1. The Morgan fingerprint density at radius 2 is 0.787 bits per heavy atom. The molecule has 0 aliphatic heterocycles. The van der Waals surface area contributed by atoms with Crippen molar-refractivity contribution in [3.05, 3.63) is 162 Å². The molecule has 0 unspecified atom stereocenters. The van der Waals surface area contributed by atoms with E-state index in [9.17, 15) is 24.0 Å². The van der Waals surface area contributed by atoms with Crippen LogP contribution in [0.2, 0.25) is 0 Å². The van der Waals surface area contributed by atoms with Gasteiger partial charge in [0.1, 0.15) is 5.78 Å². The third-order valence-corrected chi connectivity index (χ3v) is 6.05. The fourth-order valence-corrected chi connectivity index (χ4v) is 3.66. The summed E-state index contributed by atoms with van der Waals surface area (Å²) in [4.78, 5) is 55.1. The van der Waals surface area contributed by atoms with E-state index >= 15 is 0 Å². The maximum Gasteiger partial charge on any atom is 0.255 e. The average molecular weight is 672 g/mol. The van der Waals surface area contributed by atoms with Crippen molar-refractivity contribution >= 4 is 68.3 Å². The molecule has 5 rings (SSSR count). The van der Waals surface area contributed by atoms with Gasteiger partial charge >= 0.3 is 0 Å². The Morgan fingerprint density at radius 1 is 0.511 bits per heavy atom. The first-order chi connectivity index (χ1) is 23.0. The zero-order chi connectivity index (χ0) is 35.3. The molecule has 0 radical (unpaired) electrons. The Kier molecular flexibility index (Phi) is 15.6. The minimum absolute atomic E-state index is 0.0787. The molecule has 4 N–H and O–H groups in total. The van der Waals surface area contributed by atoms with E-state index < -0.39 is 10.5 Å². The quantitative estimate of drug-likeness (QED) is 0.122. The van der Waals surface area contributed by atoms with Crippen LogP contribution in [0.25, 0.3) is 0 Å². The fourth-order valence-electron chi connectivity index (χ4n) is 3.41. The highest BCUT2D eigenvalue weighted by Crippen LogP contribution is 2.13. The molecule has 0 aliphatic carbocycles. The zero-order valence-corrected chi connectivity index (χ0v) is 26.9. The van der Waals surface area contributed by atoms with Crippen LogP contribution in [-0.4, -0.2) is 28.1 Å². The monoisotopic (exact) mass is 670 g/mol. The maximum absolute atomic E-state index is 12.2. The fraction of sp³-hybridized carbons (Fsp3) is 0.0541. The van der Waals surface area contributed by atoms with E-state index in [0.29, 0.717) is 22.3 Å². The Hall–Kier alpha value is -5.57. The van der Waals surface area contributed by atoms with Gasteiger partial charge in [0.05, 0.1) is 0 Å². The molecule has 0 aliphatic rings. The number of anilines is 3. The second-order valence-electron chi connectivity index (χ2n) is 9.46. The van der Waals surface area contributed by atoms with Crippen LogP contribution >= 0.6 is 23.2 Å². The SMILES string of the molecule is Nc1ccccc1.O=C(Cl)c1ccc(C(=O)Cl)cc1.O=C(Nc1ccccc1)c1ccc(C(=O)Nc2ccccc2)cc1.[2H]CC(C)=O. The number of halogens is 2. The van der Waals surface area contributed by atoms with E-state index in [1.807, 2.05) is 91.0 Å². The van der Waals surface area contributed by atoms with Crippen LogP contribution in [0.3, 0.4) is 0 Å². The number of amides is 2. The number of nitrogen functional groups attached to an aromatic ring is 1. The lowest BCUT2D eigenvalue weighted by Gasteiger charge is -2.07. The summed E-state index contributed by atoms with van der Waals surface area (Å²) in [5.41, 5.74) is 9.32. The number of carbonyl (C=O) groups is 5. The third-order valence-electron chi connectivity index (χ3n) is 5.61. The highest BCUT2D eigenvalue weighted by Gasteiger charge is 2.09. The second-order valence-corrected chi connectivity index (χ2v) is 10.1. The van der Waals surface area contributed by atoms with Gasteiger partial charge in [0, 0.05) is 40.7 Å². The van der Waals surface area contributed by atoms with Gasteiger partial charge in [-0.05, 0) is 122 Å². The summed E-state index contributed by atoms with van der Waals surface area (Å²) < 4.78 is 6.31. The van der Waals surface area contributed by atoms with Crippen molar-refractivity contribution in [2.75, 3.05) is 16.4 Å². The molecule has 240 valence electrons. The van der Waals surface area contributed by atoms with E-state index in [1.165, 1.54) is 31.2 Å². The maximum atomic E-state index is 12.2. The summed E-state index contributed by atoms with van der Waals surface area (Å²) in [6.45, 7) is 1.31. The van der Waals surface area contributed by atoms with Gasteiger partial charge in [-0.3, -0.25) is 19.2 Å². The van der Waals surface area contributed by atoms with Crippen molar-refractivity contribution in [3.8, 4) is 0 Å². The Morgan fingerprint density at radius 3 is 1.02 bits per heavy atom. The molecule has 5 aromatic rings. The molecular weight excluding hydrogens is 637 g/mol. The number of rotatable bonds is 6. The average Bonchev–Trinajstić information content (AvgIpc) is 3.10. The molecule has 10 heteroatoms. The first-order valence-corrected chi connectivity index (χ1v) is 14.7. The van der Waals surface area contributed by atoms with Crippen LogP contribution in [0.4, 0.5) is 17.1 Å². The van der Waals surface area contributed by atoms with E-state index in [-0.39, 0.29) is 24.5 Å². The van der Waals surface area contributed by atoms with Crippen molar-refractivity contribution in [1.82, 2.24) is 0 Å². The van der Waals surface area contributed by atoms with Crippen molar-refractivity contribution in [1.29, 1.82) is 0 Å². The van der Waals surface area contributed by atoms with Crippen molar-refractivity contribution in [2.45, 2.75) is 13.8 Å². The molecule has 0 aromatic heterocycles. The van der Waals surface area contributed by atoms with Crippen molar-refractivity contribution < 1.29 is 25.3 Å². The number of benzene rings is 5. The molecule has 0 spiro atoms. The third kappa shape index (κ3) is 15.3. The minimum Gasteiger partial charge on any atom is -0.399 e. The number of nitrogens with one attached hydrogen (secondary N) is 2. The summed E-state index contributed by atoms with van der Waals surface area (Å²) >= 11 is 10.4. The molecule has 0 saturated carbocycles. The van der Waals surface area contributed by atoms with E-state index in [2.05, 4.69) is 10.6 Å². The molecule has 2 amide bonds. The molecule has 5 aromatic carbocycles. The van der Waals surface area contributed by atoms with Crippen LogP contribution in [0.15, 0.2) is 140 Å². The summed E-state index contributed by atoms with van der Waals surface area (Å²) in [5, 5.41) is 4.51. The number of hydrogen-bond acceptors (Lipinski definition) is 6. The van der Waals surface area contributed by atoms with Gasteiger partial charge in [0.2, 0.25) is 0 Å². The largest absolute Gasteiger partial charge is 0.399 e. The van der Waals surface area contributed by atoms with E-state index in [1.54, 1.807) is 24.3 Å². The van der Waals surface area contributed by atoms with E-state index in [0.717, 1.165) is 17.1 Å². The molecular formula is C37H33Cl2N3O5. The van der Waals surface area contributed by atoms with Crippen LogP contribution < -0.4 is 16.4 Å². The Balaban J connectivity index is 0.000000274. The molecule has 0 heterocycles. The van der Waals surface area contributed by atoms with Crippen LogP contribution in [0.5, 0.6) is 0 Å². The summed E-state index contributed by atoms with van der Waals surface area (Å²) in [5.74, 6) is -0.502. The van der Waals surface area contributed by atoms with Crippen LogP contribution in [-0.2, 0) is 4.79 Å². The lowest BCUT2D eigenvalue weighted by molar-refractivity contribution is -0.115. The lowest BCUT2D eigenvalue weighted by Crippen LogP contribution is -2.14. The predicted molar refractivity (Wildman–Crippen MR) is 189 cm³/mol. The van der Waals surface area contributed by atoms with Crippen molar-refractivity contribution in [2.24, 2.45) is 0 Å². The number of carbonyl (C=O) groups excluding carboxylic acids is 5. The topological polar surface area (TPSA) is 135 Å². The number of ketones is 1. The Labute approximate surface area is 284 Å². The number of Topliss-reactive ketones (excluding diaryl/α,β-unsaturated/α-hetero) is 1. The standard InChI is InChI=1S/C20H16N2O2.C8H4Cl2O2.C6H7N.C3H6O/c23-19(21-17-7-3-1-4-8-17)15-11-13-16(14-12-15)20(24)22-18-9-5-2-6-10-18;9-7(11)5-1-2-6(4-3-5)8(10)12;7-6-4-2-1-3-5-6;1-3(2)4/h1-14H,(H,21,23)(H,22,24);1-4H;1-5H,7H2;1-2H3/i;;;1D. The summed E-state index contributed by atoms with van der Waals surface area (Å²) in [6, 6.07) is 40.3. The van der Waals surface area contributed by atoms with Gasteiger partial charge < -0.3 is 21.2 Å². The van der Waals surface area contributed by atoms with E-state index in [4.69, 9.17) is 30.3 Å². The highest BCUT2D eigenvalue weighted by molar-refractivity contribution is 6.68. The highest BCUT2D eigenvalue weighted by atomic mass is 35.5. The Bertz CT molecular complexity index is 1650. The van der Waals surface area contributed by atoms with Gasteiger partial charge in [0.15, 0.2) is 0 Å². The molecule has 0 bridgehead atoms. The number of para-hydroxylation sites is 3.